The van der Waals surface area contributed by atoms with Crippen molar-refractivity contribution in [3.05, 3.63) is 23.3 Å². The monoisotopic (exact) mass is 415 g/mol. The van der Waals surface area contributed by atoms with E-state index in [1.165, 1.54) is 5.56 Å². The van der Waals surface area contributed by atoms with Crippen molar-refractivity contribution in [2.45, 2.75) is 44.9 Å². The predicted octanol–water partition coefficient (Wildman–Crippen LogP) is 0.990. The lowest BCUT2D eigenvalue weighted by Crippen LogP contribution is -2.54. The van der Waals surface area contributed by atoms with E-state index in [2.05, 4.69) is 44.5 Å². The second-order valence-corrected chi connectivity index (χ2v) is 8.41. The van der Waals surface area contributed by atoms with Crippen molar-refractivity contribution in [3.63, 3.8) is 0 Å². The van der Waals surface area contributed by atoms with Gasteiger partial charge in [0.1, 0.15) is 17.6 Å². The summed E-state index contributed by atoms with van der Waals surface area (Å²) in [4.78, 5) is 20.9. The number of carbonyl (C=O) groups excluding carboxylic acids is 1. The average molecular weight is 416 g/mol. The predicted molar refractivity (Wildman–Crippen MR) is 116 cm³/mol. The molecule has 1 saturated carbocycles. The maximum absolute atomic E-state index is 12.0. The van der Waals surface area contributed by atoms with Gasteiger partial charge in [-0.15, -0.1) is 0 Å². The minimum Gasteiger partial charge on any atom is -0.496 e. The second kappa shape index (κ2) is 9.12. The number of fused-ring (bicyclic) bond motifs is 1. The van der Waals surface area contributed by atoms with Crippen LogP contribution in [-0.2, 0) is 17.8 Å². The Morgan fingerprint density at radius 1 is 1.27 bits per heavy atom. The third-order valence-electron chi connectivity index (χ3n) is 5.93. The molecule has 1 saturated heterocycles. The molecule has 2 aliphatic heterocycles. The fourth-order valence-corrected chi connectivity index (χ4v) is 4.14. The van der Waals surface area contributed by atoms with E-state index in [4.69, 9.17) is 9.47 Å². The Kier molecular flexibility index (Phi) is 6.32. The number of hydrogen-bond acceptors (Lipinski definition) is 5. The summed E-state index contributed by atoms with van der Waals surface area (Å²) in [6, 6.07) is 4.59. The second-order valence-electron chi connectivity index (χ2n) is 8.41. The van der Waals surface area contributed by atoms with Crippen LogP contribution >= 0.6 is 0 Å². The Morgan fingerprint density at radius 3 is 2.70 bits per heavy atom. The van der Waals surface area contributed by atoms with Crippen LogP contribution in [0.15, 0.2) is 17.1 Å². The molecule has 164 valence electrons. The zero-order valence-corrected chi connectivity index (χ0v) is 18.2. The molecular weight excluding hydrogens is 382 g/mol. The van der Waals surface area contributed by atoms with Crippen molar-refractivity contribution in [3.8, 4) is 11.5 Å². The van der Waals surface area contributed by atoms with Gasteiger partial charge in [0.2, 0.25) is 5.91 Å². The molecule has 8 heteroatoms. The first-order valence-corrected chi connectivity index (χ1v) is 10.9. The number of rotatable bonds is 6. The first kappa shape index (κ1) is 20.8. The van der Waals surface area contributed by atoms with Crippen molar-refractivity contribution in [1.82, 2.24) is 20.4 Å². The summed E-state index contributed by atoms with van der Waals surface area (Å²) < 4.78 is 11.5. The molecule has 4 rings (SSSR count). The summed E-state index contributed by atoms with van der Waals surface area (Å²) in [6.07, 6.45) is 3.39. The molecule has 2 heterocycles. The molecule has 3 aliphatic rings. The maximum Gasteiger partial charge on any atom is 0.234 e. The Morgan fingerprint density at radius 2 is 2.03 bits per heavy atom. The smallest absolute Gasteiger partial charge is 0.234 e. The average Bonchev–Trinajstić information content (AvgIpc) is 3.47. The van der Waals surface area contributed by atoms with E-state index in [9.17, 15) is 4.79 Å². The lowest BCUT2D eigenvalue weighted by molar-refractivity contribution is -0.122. The number of nitrogens with zero attached hydrogens (tertiary/aromatic N) is 3. The van der Waals surface area contributed by atoms with Gasteiger partial charge in [0.25, 0.3) is 0 Å². The molecule has 2 N–H and O–H groups in total. The van der Waals surface area contributed by atoms with Crippen molar-refractivity contribution >= 4 is 11.9 Å². The van der Waals surface area contributed by atoms with Gasteiger partial charge in [0.15, 0.2) is 5.96 Å². The summed E-state index contributed by atoms with van der Waals surface area (Å²) in [5.74, 6) is 2.84. The summed E-state index contributed by atoms with van der Waals surface area (Å²) in [5.41, 5.74) is 2.26. The van der Waals surface area contributed by atoms with Crippen LogP contribution in [0.5, 0.6) is 11.5 Å². The maximum atomic E-state index is 12.0. The number of hydrogen-bond donors (Lipinski definition) is 2. The molecule has 1 aliphatic carbocycles. The van der Waals surface area contributed by atoms with E-state index in [0.717, 1.165) is 68.5 Å². The van der Waals surface area contributed by atoms with E-state index in [1.54, 1.807) is 7.11 Å². The zero-order valence-electron chi connectivity index (χ0n) is 18.2. The molecule has 1 amide bonds. The lowest BCUT2D eigenvalue weighted by Gasteiger charge is -2.36. The SMILES string of the molecule is CN=C(NCc1cc2c(cc1OC)CC(C)O2)N1CCN(CC(=O)NC2CC2)CC1. The Bertz CT molecular complexity index is 800. The van der Waals surface area contributed by atoms with Gasteiger partial charge >= 0.3 is 0 Å². The van der Waals surface area contributed by atoms with Crippen LogP contribution in [0.1, 0.15) is 30.9 Å². The summed E-state index contributed by atoms with van der Waals surface area (Å²) in [7, 11) is 3.51. The number of nitrogens with one attached hydrogen (secondary N) is 2. The normalized spacial score (nSPS) is 21.8. The van der Waals surface area contributed by atoms with Crippen molar-refractivity contribution in [2.75, 3.05) is 46.9 Å². The van der Waals surface area contributed by atoms with Crippen LogP contribution in [0, 0.1) is 0 Å². The first-order valence-electron chi connectivity index (χ1n) is 10.9. The van der Waals surface area contributed by atoms with E-state index in [1.807, 2.05) is 7.05 Å². The molecule has 2 fully saturated rings. The number of carbonyl (C=O) groups is 1. The number of aliphatic imine (C=N–C) groups is 1. The van der Waals surface area contributed by atoms with E-state index < -0.39 is 0 Å². The molecule has 30 heavy (non-hydrogen) atoms. The summed E-state index contributed by atoms with van der Waals surface area (Å²) >= 11 is 0. The van der Waals surface area contributed by atoms with Gasteiger partial charge in [-0.3, -0.25) is 14.7 Å². The van der Waals surface area contributed by atoms with Crippen LogP contribution in [0.2, 0.25) is 0 Å². The van der Waals surface area contributed by atoms with Crippen molar-refractivity contribution < 1.29 is 14.3 Å². The van der Waals surface area contributed by atoms with E-state index in [-0.39, 0.29) is 12.0 Å². The van der Waals surface area contributed by atoms with Crippen LogP contribution < -0.4 is 20.1 Å². The molecule has 0 bridgehead atoms. The Balaban J connectivity index is 1.29. The van der Waals surface area contributed by atoms with Gasteiger partial charge in [-0.2, -0.15) is 0 Å². The number of ether oxygens (including phenoxy) is 2. The highest BCUT2D eigenvalue weighted by Crippen LogP contribution is 2.34. The third-order valence-corrected chi connectivity index (χ3v) is 5.93. The molecule has 0 spiro atoms. The number of methoxy groups -OCH3 is 1. The highest BCUT2D eigenvalue weighted by molar-refractivity contribution is 5.80. The highest BCUT2D eigenvalue weighted by atomic mass is 16.5. The van der Waals surface area contributed by atoms with Gasteiger partial charge in [-0.05, 0) is 31.9 Å². The fraction of sp³-hybridized carbons (Fsp3) is 0.636. The quantitative estimate of drug-likeness (QED) is 0.533. The number of guanidine groups is 1. The lowest BCUT2D eigenvalue weighted by atomic mass is 10.1. The van der Waals surface area contributed by atoms with E-state index >= 15 is 0 Å². The van der Waals surface area contributed by atoms with Gasteiger partial charge in [0, 0.05) is 63.4 Å². The number of piperazine rings is 1. The van der Waals surface area contributed by atoms with Crippen LogP contribution in [0.25, 0.3) is 0 Å². The highest BCUT2D eigenvalue weighted by Gasteiger charge is 2.26. The van der Waals surface area contributed by atoms with Gasteiger partial charge < -0.3 is 25.0 Å². The largest absolute Gasteiger partial charge is 0.496 e. The number of amides is 1. The molecule has 8 nitrogen and oxygen atoms in total. The minimum absolute atomic E-state index is 0.147. The van der Waals surface area contributed by atoms with Gasteiger partial charge in [-0.25, -0.2) is 0 Å². The topological polar surface area (TPSA) is 78.4 Å². The van der Waals surface area contributed by atoms with Crippen LogP contribution in [0.3, 0.4) is 0 Å². The van der Waals surface area contributed by atoms with Crippen LogP contribution in [-0.4, -0.2) is 80.7 Å². The standard InChI is InChI=1S/C22H33N5O3/c1-15-10-16-11-19(29-3)17(12-20(16)30-15)13-24-22(23-2)27-8-6-26(7-9-27)14-21(28)25-18-4-5-18/h11-12,15,18H,4-10,13-14H2,1-3H3,(H,23,24)(H,25,28). The molecule has 1 aromatic carbocycles. The third kappa shape index (κ3) is 4.98. The minimum atomic E-state index is 0.147. The Labute approximate surface area is 178 Å². The van der Waals surface area contributed by atoms with Crippen LogP contribution in [0.4, 0.5) is 0 Å². The fourth-order valence-electron chi connectivity index (χ4n) is 4.14. The molecule has 0 aromatic heterocycles. The van der Waals surface area contributed by atoms with Crippen molar-refractivity contribution in [1.29, 1.82) is 0 Å². The molecule has 1 atom stereocenters. The summed E-state index contributed by atoms with van der Waals surface area (Å²) in [6.45, 7) is 6.59. The molecular formula is C22H33N5O3. The zero-order chi connectivity index (χ0) is 21.1. The molecule has 1 unspecified atom stereocenters. The molecule has 0 radical (unpaired) electrons. The summed E-state index contributed by atoms with van der Waals surface area (Å²) in [5, 5.41) is 6.53. The van der Waals surface area contributed by atoms with E-state index in [0.29, 0.717) is 19.1 Å². The Hall–Kier alpha value is -2.48. The van der Waals surface area contributed by atoms with Gasteiger partial charge in [0.05, 0.1) is 13.7 Å². The molecule has 1 aromatic rings. The first-order chi connectivity index (χ1) is 14.6. The number of benzene rings is 1. The van der Waals surface area contributed by atoms with Gasteiger partial charge in [-0.1, -0.05) is 0 Å². The van der Waals surface area contributed by atoms with Crippen molar-refractivity contribution in [2.24, 2.45) is 4.99 Å².